The predicted octanol–water partition coefficient (Wildman–Crippen LogP) is 1.56. The van der Waals surface area contributed by atoms with Crippen LogP contribution in [0.2, 0.25) is 0 Å². The Kier molecular flexibility index (Phi) is 2.78. The van der Waals surface area contributed by atoms with Crippen molar-refractivity contribution in [2.45, 2.75) is 13.2 Å². The fraction of sp³-hybridized carbons (Fsp3) is 0.182. The number of imidazole rings is 1. The molecule has 0 unspecified atom stereocenters. The summed E-state index contributed by atoms with van der Waals surface area (Å²) in [5.74, 6) is -0.241. The lowest BCUT2D eigenvalue weighted by molar-refractivity contribution is 0.271. The Morgan fingerprint density at radius 1 is 1.33 bits per heavy atom. The highest BCUT2D eigenvalue weighted by molar-refractivity contribution is 5.18. The average Bonchev–Trinajstić information content (AvgIpc) is 2.69. The maximum Gasteiger partial charge on any atom is 0.128 e. The zero-order chi connectivity index (χ0) is 10.7. The van der Waals surface area contributed by atoms with E-state index in [0.29, 0.717) is 17.8 Å². The highest BCUT2D eigenvalue weighted by Gasteiger charge is 2.04. The van der Waals surface area contributed by atoms with Crippen LogP contribution in [0.5, 0.6) is 0 Å². The second-order valence-corrected chi connectivity index (χ2v) is 3.26. The van der Waals surface area contributed by atoms with Crippen LogP contribution in [0.25, 0.3) is 0 Å². The van der Waals surface area contributed by atoms with Crippen molar-refractivity contribution in [3.8, 4) is 0 Å². The SMILES string of the molecule is OCc1cncn1Cc1ccccc1F. The van der Waals surface area contributed by atoms with Crippen molar-refractivity contribution >= 4 is 0 Å². The molecule has 0 saturated heterocycles. The van der Waals surface area contributed by atoms with E-state index in [1.165, 1.54) is 6.07 Å². The van der Waals surface area contributed by atoms with Crippen LogP contribution in [0.15, 0.2) is 36.8 Å². The van der Waals surface area contributed by atoms with Crippen molar-refractivity contribution in [1.82, 2.24) is 9.55 Å². The molecule has 1 heterocycles. The molecule has 2 aromatic rings. The zero-order valence-corrected chi connectivity index (χ0v) is 8.10. The third-order valence-corrected chi connectivity index (χ3v) is 2.26. The summed E-state index contributed by atoms with van der Waals surface area (Å²) in [5, 5.41) is 9.00. The van der Waals surface area contributed by atoms with Gasteiger partial charge in [0.2, 0.25) is 0 Å². The van der Waals surface area contributed by atoms with Gasteiger partial charge >= 0.3 is 0 Å². The lowest BCUT2D eigenvalue weighted by Gasteiger charge is -2.06. The van der Waals surface area contributed by atoms with Gasteiger partial charge in [-0.1, -0.05) is 18.2 Å². The van der Waals surface area contributed by atoms with Gasteiger partial charge in [-0.3, -0.25) is 0 Å². The van der Waals surface area contributed by atoms with Crippen LogP contribution in [0.1, 0.15) is 11.3 Å². The Balaban J connectivity index is 2.26. The zero-order valence-electron chi connectivity index (χ0n) is 8.10. The first-order valence-corrected chi connectivity index (χ1v) is 4.64. The van der Waals surface area contributed by atoms with Gasteiger partial charge in [-0.25, -0.2) is 9.37 Å². The van der Waals surface area contributed by atoms with Gasteiger partial charge in [-0.05, 0) is 6.07 Å². The fourth-order valence-electron chi connectivity index (χ4n) is 1.43. The maximum atomic E-state index is 13.3. The number of hydrogen-bond donors (Lipinski definition) is 1. The van der Waals surface area contributed by atoms with Gasteiger partial charge in [-0.15, -0.1) is 0 Å². The molecule has 78 valence electrons. The molecular formula is C11H11FN2O. The second kappa shape index (κ2) is 4.23. The number of rotatable bonds is 3. The van der Waals surface area contributed by atoms with E-state index in [9.17, 15) is 4.39 Å². The van der Waals surface area contributed by atoms with Gasteiger partial charge in [0.05, 0.1) is 31.4 Å². The van der Waals surface area contributed by atoms with Crippen LogP contribution < -0.4 is 0 Å². The van der Waals surface area contributed by atoms with Crippen LogP contribution in [-0.4, -0.2) is 14.7 Å². The molecule has 0 aliphatic carbocycles. The van der Waals surface area contributed by atoms with Gasteiger partial charge in [0, 0.05) is 5.56 Å². The van der Waals surface area contributed by atoms with Gasteiger partial charge < -0.3 is 9.67 Å². The molecule has 3 nitrogen and oxygen atoms in total. The first-order valence-electron chi connectivity index (χ1n) is 4.64. The normalized spacial score (nSPS) is 10.5. The number of aliphatic hydroxyl groups is 1. The molecule has 0 spiro atoms. The molecule has 1 aromatic carbocycles. The molecule has 0 bridgehead atoms. The number of halogens is 1. The highest BCUT2D eigenvalue weighted by atomic mass is 19.1. The van der Waals surface area contributed by atoms with Crippen LogP contribution in [0, 0.1) is 5.82 Å². The van der Waals surface area contributed by atoms with Gasteiger partial charge in [-0.2, -0.15) is 0 Å². The summed E-state index contributed by atoms with van der Waals surface area (Å²) in [6.07, 6.45) is 3.15. The van der Waals surface area contributed by atoms with Crippen molar-refractivity contribution in [3.05, 3.63) is 53.9 Å². The Labute approximate surface area is 86.8 Å². The first-order chi connectivity index (χ1) is 7.31. The lowest BCUT2D eigenvalue weighted by Crippen LogP contribution is -2.04. The van der Waals surface area contributed by atoms with E-state index < -0.39 is 0 Å². The quantitative estimate of drug-likeness (QED) is 0.827. The summed E-state index contributed by atoms with van der Waals surface area (Å²) < 4.78 is 15.0. The van der Waals surface area contributed by atoms with Crippen molar-refractivity contribution in [3.63, 3.8) is 0 Å². The molecule has 0 atom stereocenters. The third kappa shape index (κ3) is 2.05. The smallest absolute Gasteiger partial charge is 0.128 e. The lowest BCUT2D eigenvalue weighted by atomic mass is 10.2. The fourth-order valence-corrected chi connectivity index (χ4v) is 1.43. The second-order valence-electron chi connectivity index (χ2n) is 3.26. The predicted molar refractivity (Wildman–Crippen MR) is 53.7 cm³/mol. The first kappa shape index (κ1) is 9.86. The molecule has 15 heavy (non-hydrogen) atoms. The van der Waals surface area contributed by atoms with E-state index in [1.54, 1.807) is 35.3 Å². The Bertz CT molecular complexity index is 453. The molecular weight excluding hydrogens is 195 g/mol. The van der Waals surface area contributed by atoms with Gasteiger partial charge in [0.1, 0.15) is 5.82 Å². The number of aromatic nitrogens is 2. The average molecular weight is 206 g/mol. The minimum absolute atomic E-state index is 0.0888. The number of benzene rings is 1. The third-order valence-electron chi connectivity index (χ3n) is 2.26. The van der Waals surface area contributed by atoms with Gasteiger partial charge in [0.15, 0.2) is 0 Å². The van der Waals surface area contributed by atoms with E-state index in [0.717, 1.165) is 0 Å². The van der Waals surface area contributed by atoms with Crippen LogP contribution in [0.4, 0.5) is 4.39 Å². The largest absolute Gasteiger partial charge is 0.390 e. The van der Waals surface area contributed by atoms with Crippen LogP contribution in [-0.2, 0) is 13.2 Å². The van der Waals surface area contributed by atoms with E-state index >= 15 is 0 Å². The van der Waals surface area contributed by atoms with Gasteiger partial charge in [0.25, 0.3) is 0 Å². The molecule has 4 heteroatoms. The molecule has 1 N–H and O–H groups in total. The summed E-state index contributed by atoms with van der Waals surface area (Å²) in [5.41, 5.74) is 1.27. The summed E-state index contributed by atoms with van der Waals surface area (Å²) in [4.78, 5) is 3.90. The molecule has 2 rings (SSSR count). The van der Waals surface area contributed by atoms with E-state index in [-0.39, 0.29) is 12.4 Å². The highest BCUT2D eigenvalue weighted by Crippen LogP contribution is 2.10. The molecule has 1 aromatic heterocycles. The summed E-state index contributed by atoms with van der Waals surface area (Å²) >= 11 is 0. The molecule has 0 saturated carbocycles. The standard InChI is InChI=1S/C11H11FN2O/c12-11-4-2-1-3-9(11)6-14-8-13-5-10(14)7-15/h1-5,8,15H,6-7H2. The molecule has 0 fully saturated rings. The van der Waals surface area contributed by atoms with Crippen molar-refractivity contribution in [1.29, 1.82) is 0 Å². The van der Waals surface area contributed by atoms with E-state index in [4.69, 9.17) is 5.11 Å². The summed E-state index contributed by atoms with van der Waals surface area (Å²) in [6.45, 7) is 0.303. The van der Waals surface area contributed by atoms with Crippen molar-refractivity contribution < 1.29 is 9.50 Å². The Hall–Kier alpha value is -1.68. The van der Waals surface area contributed by atoms with E-state index in [2.05, 4.69) is 4.98 Å². The van der Waals surface area contributed by atoms with E-state index in [1.807, 2.05) is 0 Å². The Morgan fingerprint density at radius 2 is 2.13 bits per heavy atom. The number of hydrogen-bond acceptors (Lipinski definition) is 2. The topological polar surface area (TPSA) is 38.1 Å². The maximum absolute atomic E-state index is 13.3. The van der Waals surface area contributed by atoms with Crippen LogP contribution in [0.3, 0.4) is 0 Å². The minimum atomic E-state index is -0.241. The molecule has 0 aliphatic rings. The summed E-state index contributed by atoms with van der Waals surface area (Å²) in [7, 11) is 0. The molecule has 0 aliphatic heterocycles. The number of aliphatic hydroxyl groups excluding tert-OH is 1. The summed E-state index contributed by atoms with van der Waals surface area (Å²) in [6, 6.07) is 6.58. The van der Waals surface area contributed by atoms with Crippen LogP contribution >= 0.6 is 0 Å². The minimum Gasteiger partial charge on any atom is -0.390 e. The number of nitrogens with zero attached hydrogens (tertiary/aromatic N) is 2. The van der Waals surface area contributed by atoms with Crippen molar-refractivity contribution in [2.75, 3.05) is 0 Å². The van der Waals surface area contributed by atoms with Crippen molar-refractivity contribution in [2.24, 2.45) is 0 Å². The Morgan fingerprint density at radius 3 is 2.87 bits per heavy atom. The molecule has 0 radical (unpaired) electrons. The monoisotopic (exact) mass is 206 g/mol. The molecule has 0 amide bonds.